The van der Waals surface area contributed by atoms with Crippen molar-refractivity contribution < 1.29 is 4.74 Å². The molecule has 1 atom stereocenters. The van der Waals surface area contributed by atoms with Gasteiger partial charge in [0.15, 0.2) is 0 Å². The molecule has 0 bridgehead atoms. The minimum atomic E-state index is 0.00552. The summed E-state index contributed by atoms with van der Waals surface area (Å²) in [4.78, 5) is 0. The third-order valence-corrected chi connectivity index (χ3v) is 2.88. The van der Waals surface area contributed by atoms with Gasteiger partial charge < -0.3 is 10.5 Å². The van der Waals surface area contributed by atoms with Gasteiger partial charge in [0.2, 0.25) is 0 Å². The molecule has 0 amide bonds. The average Bonchev–Trinajstić information content (AvgIpc) is 2.24. The Morgan fingerprint density at radius 1 is 1.40 bits per heavy atom. The number of benzene rings is 1. The first-order valence-corrected chi connectivity index (χ1v) is 5.75. The van der Waals surface area contributed by atoms with Crippen LogP contribution in [0.3, 0.4) is 0 Å². The highest BCUT2D eigenvalue weighted by molar-refractivity contribution is 6.42. The standard InChI is InChI=1S/C11H15Cl2NO/c1-2-4-8(7-14)15-10-6-3-5-9(12)11(10)13/h3,5-6,8H,2,4,7,14H2,1H3. The lowest BCUT2D eigenvalue weighted by Crippen LogP contribution is -2.26. The Morgan fingerprint density at radius 2 is 2.13 bits per heavy atom. The Morgan fingerprint density at radius 3 is 2.73 bits per heavy atom. The van der Waals surface area contributed by atoms with Crippen LogP contribution < -0.4 is 10.5 Å². The lowest BCUT2D eigenvalue weighted by molar-refractivity contribution is 0.198. The first-order valence-electron chi connectivity index (χ1n) is 4.99. The number of hydrogen-bond donors (Lipinski definition) is 1. The van der Waals surface area contributed by atoms with Gasteiger partial charge in [-0.25, -0.2) is 0 Å². The molecule has 0 aliphatic heterocycles. The zero-order chi connectivity index (χ0) is 11.3. The third kappa shape index (κ3) is 3.56. The molecule has 0 aromatic heterocycles. The maximum atomic E-state index is 6.00. The Balaban J connectivity index is 2.74. The second-order valence-electron chi connectivity index (χ2n) is 3.32. The van der Waals surface area contributed by atoms with Crippen LogP contribution in [0.1, 0.15) is 19.8 Å². The lowest BCUT2D eigenvalue weighted by atomic mass is 10.2. The van der Waals surface area contributed by atoms with Gasteiger partial charge in [-0.3, -0.25) is 0 Å². The normalized spacial score (nSPS) is 12.5. The zero-order valence-electron chi connectivity index (χ0n) is 8.67. The van der Waals surface area contributed by atoms with Gasteiger partial charge in [0.05, 0.1) is 5.02 Å². The van der Waals surface area contributed by atoms with Crippen LogP contribution in [0.25, 0.3) is 0 Å². The first-order chi connectivity index (χ1) is 7.19. The monoisotopic (exact) mass is 247 g/mol. The van der Waals surface area contributed by atoms with Crippen LogP contribution in [0.2, 0.25) is 10.0 Å². The molecule has 1 unspecified atom stereocenters. The van der Waals surface area contributed by atoms with Gasteiger partial charge in [-0.05, 0) is 18.6 Å². The van der Waals surface area contributed by atoms with Crippen LogP contribution in [0.15, 0.2) is 18.2 Å². The molecule has 15 heavy (non-hydrogen) atoms. The number of rotatable bonds is 5. The van der Waals surface area contributed by atoms with E-state index in [0.29, 0.717) is 22.3 Å². The number of hydrogen-bond acceptors (Lipinski definition) is 2. The lowest BCUT2D eigenvalue weighted by Gasteiger charge is -2.17. The number of ether oxygens (including phenoxy) is 1. The molecule has 0 aliphatic rings. The van der Waals surface area contributed by atoms with E-state index in [9.17, 15) is 0 Å². The summed E-state index contributed by atoms with van der Waals surface area (Å²) in [5, 5.41) is 0.954. The van der Waals surface area contributed by atoms with Crippen LogP contribution in [0.4, 0.5) is 0 Å². The zero-order valence-corrected chi connectivity index (χ0v) is 10.2. The number of halogens is 2. The summed E-state index contributed by atoms with van der Waals surface area (Å²) in [6, 6.07) is 5.34. The highest BCUT2D eigenvalue weighted by atomic mass is 35.5. The molecule has 84 valence electrons. The van der Waals surface area contributed by atoms with E-state index in [4.69, 9.17) is 33.7 Å². The Bertz CT molecular complexity index is 317. The van der Waals surface area contributed by atoms with E-state index in [2.05, 4.69) is 6.92 Å². The van der Waals surface area contributed by atoms with E-state index in [1.54, 1.807) is 12.1 Å². The molecule has 1 aromatic carbocycles. The van der Waals surface area contributed by atoms with E-state index in [0.717, 1.165) is 12.8 Å². The summed E-state index contributed by atoms with van der Waals surface area (Å²) in [7, 11) is 0. The SMILES string of the molecule is CCCC(CN)Oc1cccc(Cl)c1Cl. The molecule has 4 heteroatoms. The van der Waals surface area contributed by atoms with E-state index in [1.165, 1.54) is 0 Å². The molecule has 0 fully saturated rings. The maximum absolute atomic E-state index is 6.00. The average molecular weight is 248 g/mol. The van der Waals surface area contributed by atoms with Crippen LogP contribution >= 0.6 is 23.2 Å². The van der Waals surface area contributed by atoms with Gasteiger partial charge in [-0.2, -0.15) is 0 Å². The molecule has 0 saturated carbocycles. The van der Waals surface area contributed by atoms with Gasteiger partial charge in [0.1, 0.15) is 16.9 Å². The molecule has 0 spiro atoms. The van der Waals surface area contributed by atoms with Crippen molar-refractivity contribution in [3.63, 3.8) is 0 Å². The van der Waals surface area contributed by atoms with Crippen LogP contribution in [-0.4, -0.2) is 12.6 Å². The fraction of sp³-hybridized carbons (Fsp3) is 0.455. The molecule has 0 aliphatic carbocycles. The quantitative estimate of drug-likeness (QED) is 0.865. The second kappa shape index (κ2) is 6.21. The fourth-order valence-corrected chi connectivity index (χ4v) is 1.64. The molecule has 1 aromatic rings. The summed E-state index contributed by atoms with van der Waals surface area (Å²) >= 11 is 11.9. The number of nitrogens with two attached hydrogens (primary N) is 1. The molecule has 1 rings (SSSR count). The van der Waals surface area contributed by atoms with Gasteiger partial charge >= 0.3 is 0 Å². The second-order valence-corrected chi connectivity index (χ2v) is 4.10. The van der Waals surface area contributed by atoms with Gasteiger partial charge in [0.25, 0.3) is 0 Å². The molecular weight excluding hydrogens is 233 g/mol. The summed E-state index contributed by atoms with van der Waals surface area (Å²) < 4.78 is 5.67. The van der Waals surface area contributed by atoms with Crippen molar-refractivity contribution in [3.8, 4) is 5.75 Å². The summed E-state index contributed by atoms with van der Waals surface area (Å²) in [6.45, 7) is 2.57. The van der Waals surface area contributed by atoms with Gasteiger partial charge in [0, 0.05) is 6.54 Å². The van der Waals surface area contributed by atoms with Crippen LogP contribution in [0.5, 0.6) is 5.75 Å². The van der Waals surface area contributed by atoms with Crippen molar-refractivity contribution in [2.75, 3.05) is 6.54 Å². The maximum Gasteiger partial charge on any atom is 0.139 e. The predicted octanol–water partition coefficient (Wildman–Crippen LogP) is 3.50. The summed E-state index contributed by atoms with van der Waals surface area (Å²) in [5.41, 5.74) is 5.59. The van der Waals surface area contributed by atoms with Crippen molar-refractivity contribution in [3.05, 3.63) is 28.2 Å². The smallest absolute Gasteiger partial charge is 0.139 e. The Labute approximate surface area is 100 Å². The van der Waals surface area contributed by atoms with E-state index >= 15 is 0 Å². The van der Waals surface area contributed by atoms with Crippen molar-refractivity contribution >= 4 is 23.2 Å². The fourth-order valence-electron chi connectivity index (χ4n) is 1.30. The van der Waals surface area contributed by atoms with Crippen LogP contribution in [-0.2, 0) is 0 Å². The third-order valence-electron chi connectivity index (χ3n) is 2.08. The van der Waals surface area contributed by atoms with Crippen molar-refractivity contribution in [1.29, 1.82) is 0 Å². The van der Waals surface area contributed by atoms with E-state index in [1.807, 2.05) is 6.07 Å². The highest BCUT2D eigenvalue weighted by Gasteiger charge is 2.11. The Kier molecular flexibility index (Phi) is 5.23. The predicted molar refractivity (Wildman–Crippen MR) is 64.8 cm³/mol. The first kappa shape index (κ1) is 12.6. The van der Waals surface area contributed by atoms with Crippen molar-refractivity contribution in [2.45, 2.75) is 25.9 Å². The summed E-state index contributed by atoms with van der Waals surface area (Å²) in [6.07, 6.45) is 1.95. The van der Waals surface area contributed by atoms with Crippen molar-refractivity contribution in [2.24, 2.45) is 5.73 Å². The minimum Gasteiger partial charge on any atom is -0.487 e. The van der Waals surface area contributed by atoms with E-state index in [-0.39, 0.29) is 6.10 Å². The van der Waals surface area contributed by atoms with Gasteiger partial charge in [-0.1, -0.05) is 42.6 Å². The largest absolute Gasteiger partial charge is 0.487 e. The minimum absolute atomic E-state index is 0.00552. The van der Waals surface area contributed by atoms with E-state index < -0.39 is 0 Å². The van der Waals surface area contributed by atoms with Crippen molar-refractivity contribution in [1.82, 2.24) is 0 Å². The van der Waals surface area contributed by atoms with Gasteiger partial charge in [-0.15, -0.1) is 0 Å². The molecule has 2 N–H and O–H groups in total. The molecular formula is C11H15Cl2NO. The Hall–Kier alpha value is -0.440. The van der Waals surface area contributed by atoms with Crippen LogP contribution in [0, 0.1) is 0 Å². The summed E-state index contributed by atoms with van der Waals surface area (Å²) in [5.74, 6) is 0.605. The molecule has 2 nitrogen and oxygen atoms in total. The molecule has 0 radical (unpaired) electrons. The highest BCUT2D eigenvalue weighted by Crippen LogP contribution is 2.32. The molecule has 0 saturated heterocycles. The molecule has 0 heterocycles. The topological polar surface area (TPSA) is 35.2 Å².